The van der Waals surface area contributed by atoms with E-state index in [1.54, 1.807) is 6.08 Å². The highest BCUT2D eigenvalue weighted by atomic mass is 31.2. The maximum Gasteiger partial charge on any atom is 0.466 e. The van der Waals surface area contributed by atoms with Gasteiger partial charge in [-0.05, 0) is 63.0 Å². The van der Waals surface area contributed by atoms with E-state index >= 15 is 0 Å². The molecule has 3 aliphatic carbocycles. The zero-order valence-electron chi connectivity index (χ0n) is 15.6. The van der Waals surface area contributed by atoms with Crippen molar-refractivity contribution in [3.05, 3.63) is 23.8 Å². The molecule has 0 amide bonds. The van der Waals surface area contributed by atoms with Crippen molar-refractivity contribution in [2.75, 3.05) is 0 Å². The first-order chi connectivity index (χ1) is 12.4. The second kappa shape index (κ2) is 6.96. The van der Waals surface area contributed by atoms with E-state index < -0.39 is 7.82 Å². The summed E-state index contributed by atoms with van der Waals surface area (Å²) in [5.74, 6) is 1.77. The third-order valence-corrected chi connectivity index (χ3v) is 6.90. The second-order valence-corrected chi connectivity index (χ2v) is 9.51. The van der Waals surface area contributed by atoms with Gasteiger partial charge in [-0.15, -0.1) is 0 Å². The number of hydrogen-bond donors (Lipinski definition) is 3. The van der Waals surface area contributed by atoms with E-state index in [9.17, 15) is 9.59 Å². The number of phosphoric acid groups is 1. The first kappa shape index (κ1) is 20.5. The molecule has 0 spiro atoms. The number of ketones is 1. The van der Waals surface area contributed by atoms with Crippen molar-refractivity contribution in [2.24, 2.45) is 23.2 Å². The minimum absolute atomic E-state index is 0.0250. The molecule has 5 atom stereocenters. The zero-order chi connectivity index (χ0) is 20.0. The summed E-state index contributed by atoms with van der Waals surface area (Å²) in [6, 6.07) is 0. The molecule has 0 bridgehead atoms. The fourth-order valence-corrected chi connectivity index (χ4v) is 5.72. The van der Waals surface area contributed by atoms with E-state index in [-0.39, 0.29) is 22.8 Å². The molecule has 0 aromatic carbocycles. The molecule has 8 heteroatoms. The zero-order valence-corrected chi connectivity index (χ0v) is 16.5. The molecule has 3 fully saturated rings. The summed E-state index contributed by atoms with van der Waals surface area (Å²) in [7, 11) is -4.64. The fraction of sp³-hybridized carbons (Fsp3) is 0.684. The maximum atomic E-state index is 11.7. The summed E-state index contributed by atoms with van der Waals surface area (Å²) < 4.78 is 14.7. The molecule has 4 rings (SSSR count). The van der Waals surface area contributed by atoms with E-state index in [0.29, 0.717) is 24.2 Å². The Hall–Kier alpha value is -1.27. The van der Waals surface area contributed by atoms with Crippen LogP contribution in [0.4, 0.5) is 0 Å². The summed E-state index contributed by atoms with van der Waals surface area (Å²) >= 11 is 0. The number of fused-ring (bicyclic) bond motifs is 5. The molecule has 0 radical (unpaired) electrons. The van der Waals surface area contributed by atoms with Gasteiger partial charge in [0.15, 0.2) is 5.78 Å². The molecule has 1 heterocycles. The molecular formula is C19H27O7P. The molecule has 0 aromatic rings. The lowest BCUT2D eigenvalue weighted by atomic mass is 9.49. The summed E-state index contributed by atoms with van der Waals surface area (Å²) in [4.78, 5) is 45.0. The number of carbonyl (C=O) groups excluding carboxylic acids is 2. The Morgan fingerprint density at radius 1 is 1.07 bits per heavy atom. The van der Waals surface area contributed by atoms with Crippen LogP contribution in [0.3, 0.4) is 0 Å². The summed E-state index contributed by atoms with van der Waals surface area (Å²) in [6.07, 6.45) is 11.5. The predicted molar refractivity (Wildman–Crippen MR) is 97.3 cm³/mol. The van der Waals surface area contributed by atoms with Crippen LogP contribution in [0.15, 0.2) is 23.8 Å². The van der Waals surface area contributed by atoms with Crippen LogP contribution in [0.25, 0.3) is 0 Å². The Kier molecular flexibility index (Phi) is 5.28. The number of esters is 1. The maximum absolute atomic E-state index is 11.7. The van der Waals surface area contributed by atoms with Gasteiger partial charge < -0.3 is 19.4 Å². The van der Waals surface area contributed by atoms with Gasteiger partial charge >= 0.3 is 13.8 Å². The van der Waals surface area contributed by atoms with Gasteiger partial charge in [-0.2, -0.15) is 0 Å². The largest absolute Gasteiger partial charge is 0.466 e. The highest BCUT2D eigenvalue weighted by Gasteiger charge is 2.56. The Balaban J connectivity index is 0.000000376. The molecule has 2 saturated carbocycles. The lowest BCUT2D eigenvalue weighted by molar-refractivity contribution is -0.192. The second-order valence-electron chi connectivity index (χ2n) is 8.48. The fourth-order valence-electron chi connectivity index (χ4n) is 5.72. The van der Waals surface area contributed by atoms with Crippen LogP contribution < -0.4 is 0 Å². The summed E-state index contributed by atoms with van der Waals surface area (Å²) in [6.45, 7) is 4.44. The van der Waals surface area contributed by atoms with E-state index in [1.165, 1.54) is 5.57 Å². The Bertz CT molecular complexity index is 743. The molecule has 3 N–H and O–H groups in total. The lowest BCUT2D eigenvalue weighted by Gasteiger charge is -2.58. The summed E-state index contributed by atoms with van der Waals surface area (Å²) in [5, 5.41) is 0. The normalized spacial score (nSPS) is 40.5. The van der Waals surface area contributed by atoms with Gasteiger partial charge in [0, 0.05) is 17.8 Å². The van der Waals surface area contributed by atoms with Gasteiger partial charge in [-0.25, -0.2) is 4.57 Å². The first-order valence-electron chi connectivity index (χ1n) is 9.37. The number of allylic oxidation sites excluding steroid dienone is 4. The topological polar surface area (TPSA) is 121 Å². The molecule has 27 heavy (non-hydrogen) atoms. The van der Waals surface area contributed by atoms with Crippen molar-refractivity contribution in [2.45, 2.75) is 58.0 Å². The van der Waals surface area contributed by atoms with Crippen molar-refractivity contribution < 1.29 is 33.6 Å². The predicted octanol–water partition coefficient (Wildman–Crippen LogP) is 2.66. The molecular weight excluding hydrogens is 371 g/mol. The third kappa shape index (κ3) is 4.11. The quantitative estimate of drug-likeness (QED) is 0.424. The third-order valence-electron chi connectivity index (χ3n) is 6.90. The highest BCUT2D eigenvalue weighted by molar-refractivity contribution is 7.45. The number of ether oxygens (including phenoxy) is 1. The van der Waals surface area contributed by atoms with E-state index in [0.717, 1.165) is 32.1 Å². The van der Waals surface area contributed by atoms with Crippen LogP contribution in [0.5, 0.6) is 0 Å². The van der Waals surface area contributed by atoms with E-state index in [1.807, 2.05) is 6.08 Å². The van der Waals surface area contributed by atoms with Crippen molar-refractivity contribution in [3.8, 4) is 0 Å². The Labute approximate surface area is 158 Å². The molecule has 4 aliphatic rings. The molecule has 0 unspecified atom stereocenters. The van der Waals surface area contributed by atoms with Crippen molar-refractivity contribution in [1.29, 1.82) is 0 Å². The van der Waals surface area contributed by atoms with Crippen LogP contribution in [-0.2, 0) is 18.9 Å². The van der Waals surface area contributed by atoms with Crippen LogP contribution in [0, 0.1) is 23.2 Å². The minimum atomic E-state index is -4.64. The standard InChI is InChI=1S/C19H24O3.H3O4P/c1-18-9-7-13(20)11-12(18)3-4-14-15(18)8-10-19(2)16(14)5-6-17(21)22-19;1-5(2,3)4/h7,9,11,14-16H,3-6,8,10H2,1-2H3;(H3,1,2,3,4)/t14-,15+,16+,18+,19+;/m1./s1. The van der Waals surface area contributed by atoms with Crippen molar-refractivity contribution >= 4 is 19.6 Å². The molecule has 1 aliphatic heterocycles. The molecule has 7 nitrogen and oxygen atoms in total. The monoisotopic (exact) mass is 398 g/mol. The van der Waals surface area contributed by atoms with E-state index in [2.05, 4.69) is 19.9 Å². The van der Waals surface area contributed by atoms with Crippen LogP contribution in [0.2, 0.25) is 0 Å². The van der Waals surface area contributed by atoms with Gasteiger partial charge in [0.05, 0.1) is 0 Å². The minimum Gasteiger partial charge on any atom is -0.459 e. The van der Waals surface area contributed by atoms with Gasteiger partial charge in [0.25, 0.3) is 0 Å². The lowest BCUT2D eigenvalue weighted by Crippen LogP contribution is -2.56. The van der Waals surface area contributed by atoms with E-state index in [4.69, 9.17) is 24.0 Å². The van der Waals surface area contributed by atoms with Crippen LogP contribution in [-0.4, -0.2) is 32.0 Å². The number of rotatable bonds is 0. The average Bonchev–Trinajstić information content (AvgIpc) is 2.52. The summed E-state index contributed by atoms with van der Waals surface area (Å²) in [5.41, 5.74) is 1.08. The SMILES string of the molecule is C[C@]12C=CC(=O)C=C1CC[C@@H]1[C@@H]2CC[C@]2(C)OC(=O)CC[C@@H]12.O=P(O)(O)O. The van der Waals surface area contributed by atoms with Crippen LogP contribution in [0.1, 0.15) is 52.4 Å². The van der Waals surface area contributed by atoms with Gasteiger partial charge in [0.2, 0.25) is 0 Å². The molecule has 0 aromatic heterocycles. The van der Waals surface area contributed by atoms with Crippen LogP contribution >= 0.6 is 7.82 Å². The molecule has 1 saturated heterocycles. The number of hydrogen-bond acceptors (Lipinski definition) is 4. The Morgan fingerprint density at radius 3 is 2.41 bits per heavy atom. The average molecular weight is 398 g/mol. The highest BCUT2D eigenvalue weighted by Crippen LogP contribution is 2.60. The van der Waals surface area contributed by atoms with Crippen molar-refractivity contribution in [1.82, 2.24) is 0 Å². The number of carbonyl (C=O) groups is 2. The Morgan fingerprint density at radius 2 is 1.74 bits per heavy atom. The smallest absolute Gasteiger partial charge is 0.459 e. The van der Waals surface area contributed by atoms with Gasteiger partial charge in [-0.1, -0.05) is 18.6 Å². The van der Waals surface area contributed by atoms with Gasteiger partial charge in [-0.3, -0.25) is 9.59 Å². The molecule has 150 valence electrons. The first-order valence-corrected chi connectivity index (χ1v) is 10.9. The van der Waals surface area contributed by atoms with Gasteiger partial charge in [0.1, 0.15) is 5.60 Å². The van der Waals surface area contributed by atoms with Crippen molar-refractivity contribution in [3.63, 3.8) is 0 Å².